The van der Waals surface area contributed by atoms with Crippen LogP contribution in [0.15, 0.2) is 36.8 Å². The Morgan fingerprint density at radius 2 is 2.00 bits per heavy atom. The summed E-state index contributed by atoms with van der Waals surface area (Å²) in [5.41, 5.74) is 5.29. The number of benzene rings is 1. The van der Waals surface area contributed by atoms with E-state index in [0.717, 1.165) is 0 Å². The van der Waals surface area contributed by atoms with Gasteiger partial charge in [0.25, 0.3) is 0 Å². The van der Waals surface area contributed by atoms with Gasteiger partial charge < -0.3 is 24.9 Å². The Hall–Kier alpha value is -2.56. The van der Waals surface area contributed by atoms with Crippen molar-refractivity contribution in [1.29, 1.82) is 0 Å². The molecular weight excluding hydrogens is 508 g/mol. The summed E-state index contributed by atoms with van der Waals surface area (Å²) < 4.78 is 29.5. The molecular formula is C25H24Cl2FN5O3. The first-order valence-corrected chi connectivity index (χ1v) is 12.4. The number of rotatable bonds is 4. The summed E-state index contributed by atoms with van der Waals surface area (Å²) in [6, 6.07) is 6.51. The Balaban J connectivity index is 1.34. The van der Waals surface area contributed by atoms with E-state index in [4.69, 9.17) is 38.4 Å². The first-order valence-electron chi connectivity index (χ1n) is 11.6. The number of nitrogens with two attached hydrogens (primary N) is 1. The van der Waals surface area contributed by atoms with Gasteiger partial charge in [0.2, 0.25) is 0 Å². The summed E-state index contributed by atoms with van der Waals surface area (Å²) in [6.45, 7) is 3.64. The van der Waals surface area contributed by atoms with Gasteiger partial charge in [-0.15, -0.1) is 0 Å². The van der Waals surface area contributed by atoms with E-state index >= 15 is 0 Å². The van der Waals surface area contributed by atoms with E-state index in [1.54, 1.807) is 6.07 Å². The summed E-state index contributed by atoms with van der Waals surface area (Å²) in [6.07, 6.45) is 4.18. The molecule has 4 heterocycles. The zero-order valence-electron chi connectivity index (χ0n) is 19.6. The van der Waals surface area contributed by atoms with Crippen molar-refractivity contribution in [3.05, 3.63) is 58.3 Å². The highest BCUT2D eigenvalue weighted by atomic mass is 35.5. The van der Waals surface area contributed by atoms with E-state index < -0.39 is 29.0 Å². The maximum atomic E-state index is 14.8. The number of hydrogen-bond acceptors (Lipinski definition) is 7. The molecule has 1 aliphatic carbocycles. The van der Waals surface area contributed by atoms with Gasteiger partial charge in [-0.1, -0.05) is 23.2 Å². The molecule has 0 unspecified atom stereocenters. The minimum absolute atomic E-state index is 0.140. The van der Waals surface area contributed by atoms with Crippen molar-refractivity contribution in [2.75, 3.05) is 5.73 Å². The lowest BCUT2D eigenvalue weighted by molar-refractivity contribution is -0.194. The number of nitrogens with zero attached hydrogens (tertiary/aromatic N) is 4. The van der Waals surface area contributed by atoms with Crippen molar-refractivity contribution in [2.24, 2.45) is 0 Å². The van der Waals surface area contributed by atoms with Crippen LogP contribution in [0.25, 0.3) is 21.9 Å². The molecule has 0 spiro atoms. The van der Waals surface area contributed by atoms with Crippen LogP contribution in [0.5, 0.6) is 0 Å². The molecule has 188 valence electrons. The molecule has 1 aromatic carbocycles. The largest absolute Gasteiger partial charge is 0.387 e. The van der Waals surface area contributed by atoms with Crippen molar-refractivity contribution in [3.8, 4) is 0 Å². The summed E-state index contributed by atoms with van der Waals surface area (Å²) in [4.78, 5) is 12.7. The van der Waals surface area contributed by atoms with E-state index in [1.165, 1.54) is 18.5 Å². The molecule has 4 aromatic rings. The van der Waals surface area contributed by atoms with E-state index in [9.17, 15) is 9.50 Å². The summed E-state index contributed by atoms with van der Waals surface area (Å²) in [5, 5.41) is 13.4. The first-order chi connectivity index (χ1) is 17.0. The lowest BCUT2D eigenvalue weighted by atomic mass is 9.90. The van der Waals surface area contributed by atoms with E-state index in [-0.39, 0.29) is 10.8 Å². The predicted molar refractivity (Wildman–Crippen MR) is 134 cm³/mol. The Morgan fingerprint density at radius 1 is 1.19 bits per heavy atom. The van der Waals surface area contributed by atoms with Crippen LogP contribution in [0.2, 0.25) is 10.2 Å². The normalized spacial score (nSPS) is 27.2. The SMILES string of the molecule is CC1(C)O[C@@H]2[C@@](O)(CCc3cc(F)c4cc(Cl)c(N)nc4c3)CC[C@]2(n2ccc3c(Cl)ncnc32)O1. The van der Waals surface area contributed by atoms with Crippen LogP contribution in [0.1, 0.15) is 38.7 Å². The average Bonchev–Trinajstić information content (AvgIpc) is 3.45. The zero-order valence-corrected chi connectivity index (χ0v) is 21.1. The van der Waals surface area contributed by atoms with Crippen LogP contribution in [0.3, 0.4) is 0 Å². The molecule has 2 aliphatic rings. The van der Waals surface area contributed by atoms with Crippen LogP contribution < -0.4 is 5.73 Å². The number of anilines is 1. The third-order valence-corrected chi connectivity index (χ3v) is 7.85. The molecule has 1 saturated carbocycles. The van der Waals surface area contributed by atoms with E-state index in [1.807, 2.05) is 30.7 Å². The fourth-order valence-corrected chi connectivity index (χ4v) is 6.02. The average molecular weight is 532 g/mol. The van der Waals surface area contributed by atoms with Crippen LogP contribution in [-0.4, -0.2) is 42.1 Å². The lowest BCUT2D eigenvalue weighted by Crippen LogP contribution is -2.48. The summed E-state index contributed by atoms with van der Waals surface area (Å²) in [5.74, 6) is -1.24. The lowest BCUT2D eigenvalue weighted by Gasteiger charge is -2.34. The second kappa shape index (κ2) is 7.97. The number of nitrogen functional groups attached to an aromatic ring is 1. The van der Waals surface area contributed by atoms with Crippen molar-refractivity contribution in [3.63, 3.8) is 0 Å². The highest BCUT2D eigenvalue weighted by molar-refractivity contribution is 6.34. The van der Waals surface area contributed by atoms with Gasteiger partial charge in [-0.3, -0.25) is 0 Å². The monoisotopic (exact) mass is 531 g/mol. The molecule has 1 aliphatic heterocycles. The van der Waals surface area contributed by atoms with Crippen LogP contribution in [-0.2, 0) is 21.6 Å². The minimum atomic E-state index is -1.24. The van der Waals surface area contributed by atoms with Gasteiger partial charge in [-0.05, 0) is 62.9 Å². The molecule has 0 amide bonds. The fourth-order valence-electron chi connectivity index (χ4n) is 5.68. The molecule has 36 heavy (non-hydrogen) atoms. The van der Waals surface area contributed by atoms with Gasteiger partial charge in [-0.25, -0.2) is 19.3 Å². The quantitative estimate of drug-likeness (QED) is 0.358. The van der Waals surface area contributed by atoms with Crippen LogP contribution >= 0.6 is 23.2 Å². The highest BCUT2D eigenvalue weighted by Crippen LogP contribution is 2.55. The third-order valence-electron chi connectivity index (χ3n) is 7.25. The second-order valence-corrected chi connectivity index (χ2v) is 10.8. The van der Waals surface area contributed by atoms with Crippen LogP contribution in [0, 0.1) is 5.82 Å². The van der Waals surface area contributed by atoms with Gasteiger partial charge in [0.1, 0.15) is 34.9 Å². The van der Waals surface area contributed by atoms with Crippen LogP contribution in [0.4, 0.5) is 10.2 Å². The molecule has 3 atom stereocenters. The number of halogens is 3. The second-order valence-electron chi connectivity index (χ2n) is 10.0. The minimum Gasteiger partial charge on any atom is -0.387 e. The predicted octanol–water partition coefficient (Wildman–Crippen LogP) is 4.97. The van der Waals surface area contributed by atoms with E-state index in [0.29, 0.717) is 58.3 Å². The topological polar surface area (TPSA) is 108 Å². The summed E-state index contributed by atoms with van der Waals surface area (Å²) >= 11 is 12.3. The first kappa shape index (κ1) is 23.8. The Morgan fingerprint density at radius 3 is 2.81 bits per heavy atom. The number of aromatic nitrogens is 4. The Labute approximate surface area is 216 Å². The molecule has 1 saturated heterocycles. The van der Waals surface area contributed by atoms with Gasteiger partial charge in [0.15, 0.2) is 11.5 Å². The molecule has 3 N–H and O–H groups in total. The molecule has 0 bridgehead atoms. The number of pyridine rings is 1. The number of aryl methyl sites for hydroxylation is 1. The highest BCUT2D eigenvalue weighted by Gasteiger charge is 2.66. The molecule has 8 nitrogen and oxygen atoms in total. The molecule has 6 rings (SSSR count). The number of fused-ring (bicyclic) bond motifs is 3. The van der Waals surface area contributed by atoms with Gasteiger partial charge in [-0.2, -0.15) is 0 Å². The van der Waals surface area contributed by atoms with Gasteiger partial charge >= 0.3 is 0 Å². The van der Waals surface area contributed by atoms with Gasteiger partial charge in [0.05, 0.1) is 21.5 Å². The molecule has 0 radical (unpaired) electrons. The Kier molecular flexibility index (Phi) is 5.27. The fraction of sp³-hybridized carbons (Fsp3) is 0.400. The molecule has 11 heteroatoms. The molecule has 2 fully saturated rings. The maximum absolute atomic E-state index is 14.8. The standard InChI is InChI=1S/C25H24Cl2FN5O3/c1-23(2)35-22-24(34,5-3-13-9-17(28)15-11-16(26)20(29)32-18(15)10-13)6-7-25(22,36-23)33-8-4-14-19(27)30-12-31-21(14)33/h4,8-12,22,34H,3,5-7H2,1-2H3,(H2,29,32)/t22-,24-,25+/m1/s1. The van der Waals surface area contributed by atoms with Gasteiger partial charge in [0, 0.05) is 18.0 Å². The van der Waals surface area contributed by atoms with E-state index in [2.05, 4.69) is 15.0 Å². The number of aliphatic hydroxyl groups is 1. The van der Waals surface area contributed by atoms with Crippen molar-refractivity contribution >= 4 is 51.0 Å². The maximum Gasteiger partial charge on any atom is 0.178 e. The molecule has 3 aromatic heterocycles. The smallest absolute Gasteiger partial charge is 0.178 e. The number of ether oxygens (including phenoxy) is 2. The van der Waals surface area contributed by atoms with Crippen molar-refractivity contribution in [2.45, 2.75) is 62.7 Å². The zero-order chi connectivity index (χ0) is 25.5. The Bertz CT molecular complexity index is 1530. The third kappa shape index (κ3) is 3.56. The van der Waals surface area contributed by atoms with Crippen molar-refractivity contribution < 1.29 is 19.0 Å². The van der Waals surface area contributed by atoms with Crippen molar-refractivity contribution in [1.82, 2.24) is 19.5 Å². The summed E-state index contributed by atoms with van der Waals surface area (Å²) in [7, 11) is 0. The number of hydrogen-bond donors (Lipinski definition) is 2.